The van der Waals surface area contributed by atoms with Gasteiger partial charge >= 0.3 is 0 Å². The van der Waals surface area contributed by atoms with Crippen LogP contribution in [-0.4, -0.2) is 6.71 Å². The summed E-state index contributed by atoms with van der Waals surface area (Å²) in [5.74, 6) is 0. The second-order valence-electron chi connectivity index (χ2n) is 29.4. The van der Waals surface area contributed by atoms with Crippen molar-refractivity contribution in [3.05, 3.63) is 147 Å². The molecule has 0 saturated heterocycles. The minimum Gasteiger partial charge on any atom is -0.468 e. The molecule has 7 aromatic rings. The maximum absolute atomic E-state index is 7.85. The van der Waals surface area contributed by atoms with Gasteiger partial charge in [-0.2, -0.15) is 0 Å². The third kappa shape index (κ3) is 6.43. The van der Waals surface area contributed by atoms with E-state index in [2.05, 4.69) is 225 Å². The van der Waals surface area contributed by atoms with Crippen LogP contribution in [0.2, 0.25) is 0 Å². The van der Waals surface area contributed by atoms with Gasteiger partial charge in [-0.25, -0.2) is 0 Å². The number of anilines is 6. The number of nitrogens with zero attached hydrogens (tertiary/aromatic N) is 2. The molecule has 13 rings (SSSR count). The Morgan fingerprint density at radius 1 is 0.452 bits per heavy atom. The quantitative estimate of drug-likeness (QED) is 0.161. The normalized spacial score (nSPS) is 21.3. The number of hydrogen-bond acceptors (Lipinski definition) is 3. The highest BCUT2D eigenvalue weighted by molar-refractivity contribution is 7.00. The number of fused-ring (bicyclic) bond motifs is 12. The molecule has 374 valence electrons. The lowest BCUT2D eigenvalue weighted by atomic mass is 9.35. The van der Waals surface area contributed by atoms with Gasteiger partial charge in [0.15, 0.2) is 0 Å². The van der Waals surface area contributed by atoms with Crippen LogP contribution in [0.25, 0.3) is 22.1 Å². The fourth-order valence-electron chi connectivity index (χ4n) is 15.2. The first-order valence-corrected chi connectivity index (χ1v) is 28.0. The van der Waals surface area contributed by atoms with Crippen LogP contribution in [0.1, 0.15) is 206 Å². The predicted molar refractivity (Wildman–Crippen MR) is 312 cm³/mol. The molecule has 6 aromatic carbocycles. The maximum atomic E-state index is 7.85. The van der Waals surface area contributed by atoms with E-state index in [0.29, 0.717) is 0 Å². The molecule has 6 aliphatic rings. The van der Waals surface area contributed by atoms with Crippen LogP contribution in [0.5, 0.6) is 0 Å². The molecule has 0 amide bonds. The highest BCUT2D eigenvalue weighted by atomic mass is 16.3. The Hall–Kier alpha value is -5.48. The van der Waals surface area contributed by atoms with Crippen molar-refractivity contribution in [1.29, 1.82) is 0 Å². The molecule has 1 aromatic heterocycles. The highest BCUT2D eigenvalue weighted by Crippen LogP contribution is 2.59. The summed E-state index contributed by atoms with van der Waals surface area (Å²) in [5.41, 5.74) is 27.9. The van der Waals surface area contributed by atoms with E-state index in [1.807, 2.05) is 0 Å². The molecule has 0 radical (unpaired) electrons. The first-order valence-electron chi connectivity index (χ1n) is 28.0. The van der Waals surface area contributed by atoms with Crippen molar-refractivity contribution in [2.75, 3.05) is 9.80 Å². The van der Waals surface area contributed by atoms with E-state index < -0.39 is 0 Å². The molecule has 0 bridgehead atoms. The summed E-state index contributed by atoms with van der Waals surface area (Å²) in [7, 11) is 0. The van der Waals surface area contributed by atoms with Crippen molar-refractivity contribution < 1.29 is 4.42 Å². The molecular formula is C69H79BN2O. The van der Waals surface area contributed by atoms with Crippen molar-refractivity contribution >= 4 is 68.4 Å². The van der Waals surface area contributed by atoms with Gasteiger partial charge in [0.05, 0.1) is 17.0 Å². The van der Waals surface area contributed by atoms with Gasteiger partial charge in [0, 0.05) is 39.1 Å². The first-order chi connectivity index (χ1) is 34.0. The van der Waals surface area contributed by atoms with Gasteiger partial charge in [0.2, 0.25) is 0 Å². The predicted octanol–water partition coefficient (Wildman–Crippen LogP) is 17.2. The van der Waals surface area contributed by atoms with E-state index in [9.17, 15) is 0 Å². The number of benzene rings is 6. The Balaban J connectivity index is 1.21. The molecule has 0 N–H and O–H groups in total. The lowest BCUT2D eigenvalue weighted by Gasteiger charge is -2.47. The number of rotatable bonds is 2. The molecule has 73 heavy (non-hydrogen) atoms. The van der Waals surface area contributed by atoms with Crippen molar-refractivity contribution in [1.82, 2.24) is 0 Å². The largest absolute Gasteiger partial charge is 0.468 e. The van der Waals surface area contributed by atoms with Gasteiger partial charge in [-0.15, -0.1) is 0 Å². The molecule has 3 nitrogen and oxygen atoms in total. The maximum Gasteiger partial charge on any atom is 0.297 e. The van der Waals surface area contributed by atoms with E-state index in [-0.39, 0.29) is 50.0 Å². The monoisotopic (exact) mass is 963 g/mol. The lowest BCUT2D eigenvalue weighted by molar-refractivity contribution is 0.332. The molecule has 0 saturated carbocycles. The van der Waals surface area contributed by atoms with Crippen molar-refractivity contribution in [2.24, 2.45) is 0 Å². The van der Waals surface area contributed by atoms with Crippen molar-refractivity contribution in [3.8, 4) is 11.1 Å². The van der Waals surface area contributed by atoms with Crippen LogP contribution in [0.15, 0.2) is 101 Å². The summed E-state index contributed by atoms with van der Waals surface area (Å²) in [6.07, 6.45) is 6.99. The van der Waals surface area contributed by atoms with Crippen LogP contribution >= 0.6 is 0 Å². The molecule has 0 fully saturated rings. The molecule has 3 heterocycles. The van der Waals surface area contributed by atoms with Crippen LogP contribution in [0, 0.1) is 0 Å². The number of hydrogen-bond donors (Lipinski definition) is 0. The average molecular weight is 963 g/mol. The molecule has 0 unspecified atom stereocenters. The average Bonchev–Trinajstić information content (AvgIpc) is 3.81. The fraction of sp³-hybridized carbons (Fsp3) is 0.449. The van der Waals surface area contributed by atoms with Crippen LogP contribution in [0.4, 0.5) is 34.1 Å². The molecule has 4 heteroatoms. The Morgan fingerprint density at radius 2 is 0.973 bits per heavy atom. The molecular weight excluding hydrogens is 884 g/mol. The van der Waals surface area contributed by atoms with Crippen LogP contribution in [-0.2, 0) is 43.3 Å². The van der Waals surface area contributed by atoms with Crippen LogP contribution < -0.4 is 26.4 Å². The van der Waals surface area contributed by atoms with Gasteiger partial charge in [-0.05, 0) is 192 Å². The molecule has 2 aliphatic heterocycles. The van der Waals surface area contributed by atoms with E-state index in [1.54, 1.807) is 0 Å². The third-order valence-corrected chi connectivity index (χ3v) is 20.4. The van der Waals surface area contributed by atoms with Crippen LogP contribution in [0.3, 0.4) is 0 Å². The summed E-state index contributed by atoms with van der Waals surface area (Å²) in [6, 6.07) is 39.5. The van der Waals surface area contributed by atoms with E-state index in [0.717, 1.165) is 36.9 Å². The SMILES string of the molecule is CC(C)(C)c1cc2c3c(c1)N(c1cccc4c1-c1ccccc1C4(C)C)c1c(oc4cc5c(cc14)C(C)(C)CCC5(C)C)B3c1cc3c(cc1N2c1ccc2c(c1)C(C)(C)CCC2(C)C)C(C)(C)CCC3(C)C. The zero-order valence-corrected chi connectivity index (χ0v) is 47.4. The lowest BCUT2D eigenvalue weighted by Crippen LogP contribution is -2.61. The summed E-state index contributed by atoms with van der Waals surface area (Å²) in [5, 5.41) is 1.22. The summed E-state index contributed by atoms with van der Waals surface area (Å²) < 4.78 is 7.85. The fourth-order valence-corrected chi connectivity index (χ4v) is 15.2. The van der Waals surface area contributed by atoms with Crippen molar-refractivity contribution in [2.45, 2.75) is 200 Å². The second-order valence-corrected chi connectivity index (χ2v) is 29.4. The van der Waals surface area contributed by atoms with E-state index in [1.165, 1.54) is 124 Å². The van der Waals surface area contributed by atoms with Gasteiger partial charge in [0.25, 0.3) is 6.71 Å². The zero-order valence-electron chi connectivity index (χ0n) is 47.4. The molecule has 0 spiro atoms. The zero-order chi connectivity index (χ0) is 51.7. The summed E-state index contributed by atoms with van der Waals surface area (Å²) in [4.78, 5) is 5.43. The highest BCUT2D eigenvalue weighted by Gasteiger charge is 2.51. The minimum atomic E-state index is -0.160. The van der Waals surface area contributed by atoms with Gasteiger partial charge < -0.3 is 14.2 Å². The van der Waals surface area contributed by atoms with Gasteiger partial charge in [-0.1, -0.05) is 166 Å². The number of furan rings is 1. The Morgan fingerprint density at radius 3 is 1.59 bits per heavy atom. The Kier molecular flexibility index (Phi) is 9.36. The van der Waals surface area contributed by atoms with E-state index >= 15 is 0 Å². The smallest absolute Gasteiger partial charge is 0.297 e. The third-order valence-electron chi connectivity index (χ3n) is 20.4. The summed E-state index contributed by atoms with van der Waals surface area (Å²) >= 11 is 0. The van der Waals surface area contributed by atoms with Gasteiger partial charge in [-0.3, -0.25) is 0 Å². The Bertz CT molecular complexity index is 3560. The molecule has 0 atom stereocenters. The first kappa shape index (κ1) is 47.3. The molecule has 4 aliphatic carbocycles. The summed E-state index contributed by atoms with van der Waals surface area (Å²) in [6.45, 7) is 41.6. The standard InChI is InChI=1S/C69H79BN2O/c1-62(2,3)40-33-55-59-56(34-40)72(53-24-20-23-46-58(53)42-21-18-19-22-44(42)69(46,16)17)60-43-36-48-51(68(14,15)32-29-65(48,8)9)39-57(43)73-61(60)70(59)52-37-49-50(67(12,13)31-30-66(49,10)11)38-54(52)71(55)41-25-26-45-47(35-41)64(6,7)28-27-63(45,4)5/h18-26,33-39H,27-32H2,1-17H3. The Labute approximate surface area is 438 Å². The second kappa shape index (κ2) is 14.5. The van der Waals surface area contributed by atoms with Gasteiger partial charge in [0.1, 0.15) is 5.58 Å². The van der Waals surface area contributed by atoms with E-state index in [4.69, 9.17) is 4.42 Å². The minimum absolute atomic E-state index is 0.0176. The topological polar surface area (TPSA) is 19.6 Å². The van der Waals surface area contributed by atoms with Crippen molar-refractivity contribution in [3.63, 3.8) is 0 Å².